The molecule has 0 spiro atoms. The lowest BCUT2D eigenvalue weighted by Crippen LogP contribution is -2.53. The average molecular weight is 406 g/mol. The van der Waals surface area contributed by atoms with E-state index in [1.54, 1.807) is 11.8 Å². The fourth-order valence-electron chi connectivity index (χ4n) is 7.40. The summed E-state index contributed by atoms with van der Waals surface area (Å²) in [6, 6.07) is 8.24. The van der Waals surface area contributed by atoms with Gasteiger partial charge in [0.15, 0.2) is 5.78 Å². The zero-order valence-corrected chi connectivity index (χ0v) is 18.0. The van der Waals surface area contributed by atoms with Crippen molar-refractivity contribution in [3.8, 4) is 0 Å². The first-order chi connectivity index (χ1) is 13.9. The van der Waals surface area contributed by atoms with Crippen LogP contribution in [0.5, 0.6) is 0 Å². The highest BCUT2D eigenvalue weighted by molar-refractivity contribution is 8.04. The van der Waals surface area contributed by atoms with Crippen LogP contribution in [0.3, 0.4) is 0 Å². The normalized spacial score (nSPS) is 40.5. The summed E-state index contributed by atoms with van der Waals surface area (Å²) in [6.45, 7) is 4.63. The van der Waals surface area contributed by atoms with Crippen molar-refractivity contribution in [1.82, 2.24) is 0 Å². The molecule has 0 bridgehead atoms. The van der Waals surface area contributed by atoms with E-state index in [0.717, 1.165) is 59.7 Å². The molecule has 1 aliphatic heterocycles. The fourth-order valence-corrected chi connectivity index (χ4v) is 8.66. The van der Waals surface area contributed by atoms with Crippen molar-refractivity contribution in [2.24, 2.45) is 33.6 Å². The number of benzene rings is 1. The van der Waals surface area contributed by atoms with Gasteiger partial charge in [-0.2, -0.15) is 0 Å². The zero-order valence-electron chi connectivity index (χ0n) is 17.2. The van der Waals surface area contributed by atoms with Gasteiger partial charge in [0, 0.05) is 28.9 Å². The van der Waals surface area contributed by atoms with Gasteiger partial charge in [-0.25, -0.2) is 0 Å². The number of nitrogens with zero attached hydrogens (tertiary/aromatic N) is 1. The third-order valence-corrected chi connectivity index (χ3v) is 10.1. The summed E-state index contributed by atoms with van der Waals surface area (Å²) >= 11 is 1.65. The van der Waals surface area contributed by atoms with Crippen LogP contribution < -0.4 is 0 Å². The lowest BCUT2D eigenvalue weighted by molar-refractivity contribution is -0.131. The van der Waals surface area contributed by atoms with Crippen LogP contribution in [0.4, 0.5) is 5.69 Å². The highest BCUT2D eigenvalue weighted by atomic mass is 32.2. The van der Waals surface area contributed by atoms with Crippen LogP contribution in [0, 0.1) is 28.6 Å². The number of hydrogen-bond donors (Lipinski definition) is 0. The van der Waals surface area contributed by atoms with Crippen LogP contribution in [0.2, 0.25) is 0 Å². The highest BCUT2D eigenvalue weighted by Gasteiger charge is 2.61. The lowest BCUT2D eigenvalue weighted by atomic mass is 9.47. The average Bonchev–Trinajstić information content (AvgIpc) is 2.90. The van der Waals surface area contributed by atoms with Crippen molar-refractivity contribution in [2.75, 3.05) is 0 Å². The molecule has 4 aliphatic carbocycles. The number of hydrogen-bond acceptors (Lipinski definition) is 4. The summed E-state index contributed by atoms with van der Waals surface area (Å²) in [5.74, 6) is 2.32. The van der Waals surface area contributed by atoms with Crippen LogP contribution in [-0.2, 0) is 9.59 Å². The zero-order chi connectivity index (χ0) is 20.0. The van der Waals surface area contributed by atoms with Crippen molar-refractivity contribution in [2.45, 2.75) is 63.7 Å². The first-order valence-corrected chi connectivity index (χ1v) is 11.9. The molecule has 4 heteroatoms. The van der Waals surface area contributed by atoms with Crippen LogP contribution in [0.15, 0.2) is 44.6 Å². The molecule has 6 rings (SSSR count). The Morgan fingerprint density at radius 3 is 2.66 bits per heavy atom. The molecule has 5 aliphatic rings. The molecule has 5 atom stereocenters. The predicted molar refractivity (Wildman–Crippen MR) is 115 cm³/mol. The minimum Gasteiger partial charge on any atom is -0.299 e. The van der Waals surface area contributed by atoms with Gasteiger partial charge in [0.1, 0.15) is 5.78 Å². The number of ketones is 2. The number of carbonyl (C=O) groups is 2. The Morgan fingerprint density at radius 2 is 1.79 bits per heavy atom. The van der Waals surface area contributed by atoms with Crippen LogP contribution in [-0.4, -0.2) is 17.3 Å². The van der Waals surface area contributed by atoms with Gasteiger partial charge >= 0.3 is 0 Å². The number of carbonyl (C=O) groups excluding carboxylic acids is 2. The molecule has 0 amide bonds. The Bertz CT molecular complexity index is 1020. The summed E-state index contributed by atoms with van der Waals surface area (Å²) in [5.41, 5.74) is 3.26. The molecule has 150 valence electrons. The minimum atomic E-state index is -0.135. The van der Waals surface area contributed by atoms with E-state index < -0.39 is 0 Å². The molecule has 1 aromatic rings. The van der Waals surface area contributed by atoms with Crippen molar-refractivity contribution in [3.05, 3.63) is 34.7 Å². The molecule has 3 fully saturated rings. The van der Waals surface area contributed by atoms with Crippen molar-refractivity contribution < 1.29 is 9.59 Å². The maximum Gasteiger partial charge on any atom is 0.169 e. The third-order valence-electron chi connectivity index (χ3n) is 8.94. The number of allylic oxidation sites excluding steroid dienone is 1. The van der Waals surface area contributed by atoms with Gasteiger partial charge in [-0.05, 0) is 73.0 Å². The SMILES string of the molecule is C[C@]12CCC(=O)C3=C1C(=Nc1ccccc1S3)CC1C2CC[C@]2(C)C(=O)CCC12. The molecule has 3 saturated carbocycles. The Balaban J connectivity index is 1.55. The van der Waals surface area contributed by atoms with Crippen LogP contribution >= 0.6 is 11.8 Å². The molecular weight excluding hydrogens is 378 g/mol. The number of Topliss-reactive ketones (excluding diaryl/α,β-unsaturated/α-hetero) is 2. The Morgan fingerprint density at radius 1 is 1.00 bits per heavy atom. The van der Waals surface area contributed by atoms with Crippen molar-refractivity contribution in [1.29, 1.82) is 0 Å². The Labute approximate surface area is 176 Å². The molecule has 3 nitrogen and oxygen atoms in total. The topological polar surface area (TPSA) is 46.5 Å². The molecule has 3 unspecified atom stereocenters. The summed E-state index contributed by atoms with van der Waals surface area (Å²) in [5, 5.41) is 0. The van der Waals surface area contributed by atoms with E-state index in [0.29, 0.717) is 35.7 Å². The molecule has 0 radical (unpaired) electrons. The maximum atomic E-state index is 13.0. The molecule has 1 aromatic carbocycles. The second-order valence-electron chi connectivity index (χ2n) is 10.2. The van der Waals surface area contributed by atoms with Gasteiger partial charge in [0.05, 0.1) is 10.6 Å². The Kier molecular flexibility index (Phi) is 3.71. The number of rotatable bonds is 0. The molecular formula is C25H27NO2S. The molecule has 0 aromatic heterocycles. The maximum absolute atomic E-state index is 13.0. The third kappa shape index (κ3) is 2.30. The van der Waals surface area contributed by atoms with Gasteiger partial charge in [-0.15, -0.1) is 0 Å². The van der Waals surface area contributed by atoms with E-state index in [1.807, 2.05) is 12.1 Å². The smallest absolute Gasteiger partial charge is 0.169 e. The molecule has 1 heterocycles. The van der Waals surface area contributed by atoms with Crippen molar-refractivity contribution in [3.63, 3.8) is 0 Å². The number of fused-ring (bicyclic) bond motifs is 5. The highest BCUT2D eigenvalue weighted by Crippen LogP contribution is 2.65. The Hall–Kier alpha value is -1.68. The summed E-state index contributed by atoms with van der Waals surface area (Å²) in [7, 11) is 0. The van der Waals surface area contributed by atoms with E-state index in [1.165, 1.54) is 5.57 Å². The van der Waals surface area contributed by atoms with Gasteiger partial charge < -0.3 is 0 Å². The number of thioether (sulfide) groups is 1. The first-order valence-electron chi connectivity index (χ1n) is 11.1. The second kappa shape index (κ2) is 5.94. The monoisotopic (exact) mass is 405 g/mol. The van der Waals surface area contributed by atoms with Crippen LogP contribution in [0.1, 0.15) is 58.8 Å². The summed E-state index contributed by atoms with van der Waals surface area (Å²) in [6.07, 6.45) is 6.41. The summed E-state index contributed by atoms with van der Waals surface area (Å²) in [4.78, 5) is 33.0. The van der Waals surface area contributed by atoms with E-state index in [2.05, 4.69) is 26.0 Å². The standard InChI is InChI=1S/C25H27NO2S/c1-24-11-9-16-14(15(24)7-8-21(24)28)13-18-22-23(19(27)10-12-25(16,22)2)29-20-6-4-3-5-17(20)26-18/h3-6,14-16H,7-13H2,1-2H3/t14?,15?,16?,24-,25+/m0/s1. The first kappa shape index (κ1) is 18.1. The number of para-hydroxylation sites is 1. The van der Waals surface area contributed by atoms with E-state index >= 15 is 0 Å². The largest absolute Gasteiger partial charge is 0.299 e. The minimum absolute atomic E-state index is 0.00695. The molecule has 0 N–H and O–H groups in total. The lowest BCUT2D eigenvalue weighted by Gasteiger charge is -2.57. The quantitative estimate of drug-likeness (QED) is 0.539. The van der Waals surface area contributed by atoms with Gasteiger partial charge in [0.2, 0.25) is 0 Å². The fraction of sp³-hybridized carbons (Fsp3) is 0.560. The van der Waals surface area contributed by atoms with E-state index in [4.69, 9.17) is 4.99 Å². The van der Waals surface area contributed by atoms with Gasteiger partial charge in [-0.1, -0.05) is 37.7 Å². The number of aliphatic imine (C=N–C) groups is 1. The van der Waals surface area contributed by atoms with E-state index in [-0.39, 0.29) is 10.8 Å². The summed E-state index contributed by atoms with van der Waals surface area (Å²) < 4.78 is 0. The predicted octanol–water partition coefficient (Wildman–Crippen LogP) is 5.90. The van der Waals surface area contributed by atoms with Crippen molar-refractivity contribution >= 4 is 34.7 Å². The van der Waals surface area contributed by atoms with Crippen LogP contribution in [0.25, 0.3) is 0 Å². The molecule has 0 saturated heterocycles. The second-order valence-corrected chi connectivity index (χ2v) is 11.2. The molecule has 29 heavy (non-hydrogen) atoms. The van der Waals surface area contributed by atoms with E-state index in [9.17, 15) is 9.59 Å². The van der Waals surface area contributed by atoms with Gasteiger partial charge in [-0.3, -0.25) is 14.6 Å². The van der Waals surface area contributed by atoms with Gasteiger partial charge in [0.25, 0.3) is 0 Å².